The first kappa shape index (κ1) is 18.2. The Kier molecular flexibility index (Phi) is 5.71. The summed E-state index contributed by atoms with van der Waals surface area (Å²) in [5.74, 6) is -0.460. The predicted octanol–water partition coefficient (Wildman–Crippen LogP) is 3.34. The number of hydrogen-bond acceptors (Lipinski definition) is 4. The minimum Gasteiger partial charge on any atom is -0.481 e. The summed E-state index contributed by atoms with van der Waals surface area (Å²) in [6.07, 6.45) is 4.25. The lowest BCUT2D eigenvalue weighted by molar-refractivity contribution is -0.143. The zero-order chi connectivity index (χ0) is 18.5. The molecule has 1 fully saturated rings. The van der Waals surface area contributed by atoms with Crippen molar-refractivity contribution in [3.8, 4) is 11.5 Å². The van der Waals surface area contributed by atoms with E-state index in [1.165, 1.54) is 0 Å². The number of oxazole rings is 1. The second-order valence-corrected chi connectivity index (χ2v) is 6.82. The van der Waals surface area contributed by atoms with E-state index in [4.69, 9.17) is 4.42 Å². The summed E-state index contributed by atoms with van der Waals surface area (Å²) in [7, 11) is 0. The minimum atomic E-state index is -0.832. The zero-order valence-electron chi connectivity index (χ0n) is 14.9. The van der Waals surface area contributed by atoms with Gasteiger partial charge in [0.2, 0.25) is 11.8 Å². The van der Waals surface area contributed by atoms with Crippen LogP contribution < -0.4 is 5.32 Å². The van der Waals surface area contributed by atoms with E-state index in [0.717, 1.165) is 24.8 Å². The molecular formula is C20H24N2O4. The van der Waals surface area contributed by atoms with Gasteiger partial charge in [-0.15, -0.1) is 0 Å². The van der Waals surface area contributed by atoms with Gasteiger partial charge >= 0.3 is 5.97 Å². The normalized spacial score (nSPS) is 20.3. The minimum absolute atomic E-state index is 0.0883. The first-order chi connectivity index (χ1) is 12.5. The molecule has 0 spiro atoms. The molecule has 1 aliphatic carbocycles. The van der Waals surface area contributed by atoms with E-state index in [1.807, 2.05) is 30.3 Å². The summed E-state index contributed by atoms with van der Waals surface area (Å²) in [5, 5.41) is 12.3. The summed E-state index contributed by atoms with van der Waals surface area (Å²) in [5.41, 5.74) is 1.44. The Labute approximate surface area is 152 Å². The summed E-state index contributed by atoms with van der Waals surface area (Å²) in [4.78, 5) is 28.4. The van der Waals surface area contributed by atoms with Crippen molar-refractivity contribution in [3.05, 3.63) is 41.8 Å². The molecule has 1 aliphatic rings. The largest absolute Gasteiger partial charge is 0.481 e. The van der Waals surface area contributed by atoms with Crippen molar-refractivity contribution in [1.82, 2.24) is 10.3 Å². The number of nitrogens with zero attached hydrogens (tertiary/aromatic N) is 1. The quantitative estimate of drug-likeness (QED) is 0.802. The molecule has 1 saturated carbocycles. The number of aromatic nitrogens is 1. The van der Waals surface area contributed by atoms with Gasteiger partial charge < -0.3 is 14.8 Å². The maximum atomic E-state index is 12.5. The van der Waals surface area contributed by atoms with Crippen molar-refractivity contribution in [2.45, 2.75) is 51.5 Å². The Balaban J connectivity index is 1.68. The molecule has 2 N–H and O–H groups in total. The first-order valence-electron chi connectivity index (χ1n) is 9.08. The van der Waals surface area contributed by atoms with E-state index in [9.17, 15) is 14.7 Å². The Bertz CT molecular complexity index is 769. The fraction of sp³-hybridized carbons (Fsp3) is 0.450. The molecule has 6 nitrogen and oxygen atoms in total. The second kappa shape index (κ2) is 8.17. The van der Waals surface area contributed by atoms with Gasteiger partial charge in [-0.2, -0.15) is 0 Å². The molecule has 3 rings (SSSR count). The smallest absolute Gasteiger partial charge is 0.308 e. The number of hydrogen-bond donors (Lipinski definition) is 2. The highest BCUT2D eigenvalue weighted by atomic mass is 16.4. The number of carbonyl (C=O) groups is 2. The number of carbonyl (C=O) groups excluding carboxylic acids is 1. The third-order valence-electron chi connectivity index (χ3n) is 4.92. The van der Waals surface area contributed by atoms with Crippen LogP contribution in [0, 0.1) is 12.8 Å². The van der Waals surface area contributed by atoms with Gasteiger partial charge in [-0.25, -0.2) is 4.98 Å². The molecule has 0 radical (unpaired) electrons. The third kappa shape index (κ3) is 4.31. The molecular weight excluding hydrogens is 332 g/mol. The summed E-state index contributed by atoms with van der Waals surface area (Å²) < 4.78 is 5.69. The van der Waals surface area contributed by atoms with Crippen LogP contribution in [0.15, 0.2) is 34.7 Å². The van der Waals surface area contributed by atoms with Crippen LogP contribution in [0.1, 0.15) is 43.6 Å². The Morgan fingerprint density at radius 2 is 1.92 bits per heavy atom. The van der Waals surface area contributed by atoms with Gasteiger partial charge in [-0.1, -0.05) is 37.5 Å². The highest BCUT2D eigenvalue weighted by Crippen LogP contribution is 2.25. The zero-order valence-corrected chi connectivity index (χ0v) is 14.9. The number of carboxylic acids is 1. The average Bonchev–Trinajstić information content (AvgIpc) is 2.83. The van der Waals surface area contributed by atoms with E-state index < -0.39 is 11.9 Å². The highest BCUT2D eigenvalue weighted by Gasteiger charge is 2.30. The molecule has 1 amide bonds. The number of benzene rings is 1. The lowest BCUT2D eigenvalue weighted by Crippen LogP contribution is -2.43. The van der Waals surface area contributed by atoms with E-state index >= 15 is 0 Å². The second-order valence-electron chi connectivity index (χ2n) is 6.82. The van der Waals surface area contributed by atoms with Gasteiger partial charge in [0.05, 0.1) is 18.0 Å². The van der Waals surface area contributed by atoms with Gasteiger partial charge in [0.25, 0.3) is 0 Å². The molecule has 26 heavy (non-hydrogen) atoms. The van der Waals surface area contributed by atoms with Crippen molar-refractivity contribution >= 4 is 11.9 Å². The summed E-state index contributed by atoms with van der Waals surface area (Å²) >= 11 is 0. The van der Waals surface area contributed by atoms with Crippen LogP contribution in [0.2, 0.25) is 0 Å². The van der Waals surface area contributed by atoms with Crippen molar-refractivity contribution < 1.29 is 19.1 Å². The molecule has 0 aliphatic heterocycles. The molecule has 0 unspecified atom stereocenters. The number of amides is 1. The third-order valence-corrected chi connectivity index (χ3v) is 4.92. The molecule has 6 heteroatoms. The molecule has 1 heterocycles. The monoisotopic (exact) mass is 356 g/mol. The van der Waals surface area contributed by atoms with Crippen LogP contribution in [0.5, 0.6) is 0 Å². The SMILES string of the molecule is Cc1oc(-c2ccccc2)nc1CC(=O)N[C@H]1CCCCC[C@H]1C(=O)O. The fourth-order valence-corrected chi connectivity index (χ4v) is 3.48. The van der Waals surface area contributed by atoms with Gasteiger partial charge in [0.15, 0.2) is 0 Å². The number of carboxylic acid groups (broad SMARTS) is 1. The number of nitrogens with one attached hydrogen (secondary N) is 1. The Morgan fingerprint density at radius 1 is 1.19 bits per heavy atom. The van der Waals surface area contributed by atoms with Crippen LogP contribution in [0.4, 0.5) is 0 Å². The van der Waals surface area contributed by atoms with Crippen LogP contribution in [-0.4, -0.2) is 28.0 Å². The highest BCUT2D eigenvalue weighted by molar-refractivity contribution is 5.80. The average molecular weight is 356 g/mol. The molecule has 1 aromatic carbocycles. The lowest BCUT2D eigenvalue weighted by atomic mass is 9.94. The molecule has 1 aromatic heterocycles. The van der Waals surface area contributed by atoms with Crippen molar-refractivity contribution in [2.24, 2.45) is 5.92 Å². The van der Waals surface area contributed by atoms with Crippen LogP contribution in [0.3, 0.4) is 0 Å². The predicted molar refractivity (Wildman–Crippen MR) is 96.5 cm³/mol. The molecule has 0 saturated heterocycles. The number of aliphatic carboxylic acids is 1. The maximum Gasteiger partial charge on any atom is 0.308 e. The maximum absolute atomic E-state index is 12.5. The number of aryl methyl sites for hydroxylation is 1. The van der Waals surface area contributed by atoms with E-state index in [-0.39, 0.29) is 18.4 Å². The van der Waals surface area contributed by atoms with Crippen molar-refractivity contribution in [3.63, 3.8) is 0 Å². The van der Waals surface area contributed by atoms with Crippen LogP contribution in [0.25, 0.3) is 11.5 Å². The van der Waals surface area contributed by atoms with Gasteiger partial charge in [0, 0.05) is 11.6 Å². The van der Waals surface area contributed by atoms with Crippen molar-refractivity contribution in [2.75, 3.05) is 0 Å². The van der Waals surface area contributed by atoms with E-state index in [1.54, 1.807) is 6.92 Å². The summed E-state index contributed by atoms with van der Waals surface area (Å²) in [6.45, 7) is 1.79. The Hall–Kier alpha value is -2.63. The lowest BCUT2D eigenvalue weighted by Gasteiger charge is -2.22. The van der Waals surface area contributed by atoms with Gasteiger partial charge in [0.1, 0.15) is 5.76 Å². The summed E-state index contributed by atoms with van der Waals surface area (Å²) in [6, 6.07) is 9.21. The Morgan fingerprint density at radius 3 is 2.65 bits per heavy atom. The first-order valence-corrected chi connectivity index (χ1v) is 9.08. The molecule has 0 bridgehead atoms. The standard InChI is InChI=1S/C20H24N2O4/c1-13-17(22-19(26-13)14-8-4-2-5-9-14)12-18(23)21-16-11-7-3-6-10-15(16)20(24)25/h2,4-5,8-9,15-16H,3,6-7,10-12H2,1H3,(H,21,23)(H,24,25)/t15-,16+/m1/s1. The topological polar surface area (TPSA) is 92.4 Å². The van der Waals surface area contributed by atoms with Gasteiger partial charge in [-0.05, 0) is 31.9 Å². The fourth-order valence-electron chi connectivity index (χ4n) is 3.48. The number of rotatable bonds is 5. The van der Waals surface area contributed by atoms with Crippen molar-refractivity contribution in [1.29, 1.82) is 0 Å². The van der Waals surface area contributed by atoms with E-state index in [0.29, 0.717) is 30.2 Å². The molecule has 2 atom stereocenters. The van der Waals surface area contributed by atoms with Crippen LogP contribution >= 0.6 is 0 Å². The van der Waals surface area contributed by atoms with Crippen LogP contribution in [-0.2, 0) is 16.0 Å². The van der Waals surface area contributed by atoms with E-state index in [2.05, 4.69) is 10.3 Å². The van der Waals surface area contributed by atoms with Gasteiger partial charge in [-0.3, -0.25) is 9.59 Å². The molecule has 2 aromatic rings. The molecule has 138 valence electrons.